The van der Waals surface area contributed by atoms with Gasteiger partial charge in [0.05, 0.1) is 10.0 Å². The van der Waals surface area contributed by atoms with Crippen LogP contribution in [0.3, 0.4) is 0 Å². The number of fused-ring (bicyclic) bond motifs is 1. The lowest BCUT2D eigenvalue weighted by Gasteiger charge is -2.20. The smallest absolute Gasteiger partial charge is 0.0595 e. The van der Waals surface area contributed by atoms with Crippen molar-refractivity contribution in [3.63, 3.8) is 0 Å². The molecule has 2 unspecified atom stereocenters. The van der Waals surface area contributed by atoms with Crippen molar-refractivity contribution in [2.24, 2.45) is 5.92 Å². The van der Waals surface area contributed by atoms with Gasteiger partial charge in [-0.1, -0.05) is 53.5 Å². The largest absolute Gasteiger partial charge is 0.313 e. The molecule has 3 rings (SSSR count). The van der Waals surface area contributed by atoms with Crippen molar-refractivity contribution in [3.05, 3.63) is 69.2 Å². The molecule has 2 aromatic carbocycles. The van der Waals surface area contributed by atoms with E-state index in [9.17, 15) is 0 Å². The van der Waals surface area contributed by atoms with Crippen LogP contribution < -0.4 is 5.32 Å². The van der Waals surface area contributed by atoms with Crippen molar-refractivity contribution in [1.29, 1.82) is 0 Å². The van der Waals surface area contributed by atoms with Gasteiger partial charge in [-0.2, -0.15) is 0 Å². The molecule has 20 heavy (non-hydrogen) atoms. The summed E-state index contributed by atoms with van der Waals surface area (Å²) in [5, 5.41) is 4.72. The highest BCUT2D eigenvalue weighted by Gasteiger charge is 2.30. The van der Waals surface area contributed by atoms with Crippen LogP contribution in [0.5, 0.6) is 0 Å². The average Bonchev–Trinajstić information content (AvgIpc) is 2.80. The SMILES string of the molecule is CNC1c2ccccc2CC1Cc1ccc(Cl)c(Cl)c1. The highest BCUT2D eigenvalue weighted by Crippen LogP contribution is 2.38. The van der Waals surface area contributed by atoms with E-state index in [1.54, 1.807) is 0 Å². The second-order valence-electron chi connectivity index (χ2n) is 5.38. The molecule has 0 amide bonds. The van der Waals surface area contributed by atoms with Crippen molar-refractivity contribution in [3.8, 4) is 0 Å². The van der Waals surface area contributed by atoms with Crippen molar-refractivity contribution >= 4 is 23.2 Å². The molecule has 1 aliphatic rings. The number of rotatable bonds is 3. The number of benzene rings is 2. The molecular formula is C17H17Cl2N. The zero-order valence-corrected chi connectivity index (χ0v) is 12.9. The first-order chi connectivity index (χ1) is 9.69. The monoisotopic (exact) mass is 305 g/mol. The quantitative estimate of drug-likeness (QED) is 0.869. The number of hydrogen-bond acceptors (Lipinski definition) is 1. The fourth-order valence-corrected chi connectivity index (χ4v) is 3.55. The maximum absolute atomic E-state index is 6.11. The molecule has 0 saturated heterocycles. The van der Waals surface area contributed by atoms with Crippen LogP contribution in [0, 0.1) is 5.92 Å². The predicted octanol–water partition coefficient (Wildman–Crippen LogP) is 4.67. The van der Waals surface area contributed by atoms with Gasteiger partial charge in [0.15, 0.2) is 0 Å². The molecule has 2 aromatic rings. The summed E-state index contributed by atoms with van der Waals surface area (Å²) in [7, 11) is 2.04. The highest BCUT2D eigenvalue weighted by atomic mass is 35.5. The second kappa shape index (κ2) is 5.77. The van der Waals surface area contributed by atoms with Gasteiger partial charge in [-0.15, -0.1) is 0 Å². The zero-order valence-electron chi connectivity index (χ0n) is 11.4. The van der Waals surface area contributed by atoms with E-state index >= 15 is 0 Å². The van der Waals surface area contributed by atoms with E-state index in [0.717, 1.165) is 12.8 Å². The molecule has 1 nitrogen and oxygen atoms in total. The summed E-state index contributed by atoms with van der Waals surface area (Å²) in [4.78, 5) is 0. The molecular weight excluding hydrogens is 289 g/mol. The lowest BCUT2D eigenvalue weighted by atomic mass is 9.93. The Morgan fingerprint density at radius 2 is 1.90 bits per heavy atom. The Labute approximate surface area is 129 Å². The van der Waals surface area contributed by atoms with E-state index in [-0.39, 0.29) is 0 Å². The van der Waals surface area contributed by atoms with E-state index < -0.39 is 0 Å². The summed E-state index contributed by atoms with van der Waals surface area (Å²) in [6.45, 7) is 0. The van der Waals surface area contributed by atoms with Crippen molar-refractivity contribution in [2.45, 2.75) is 18.9 Å². The van der Waals surface area contributed by atoms with Gasteiger partial charge in [0.2, 0.25) is 0 Å². The normalized spacial score (nSPS) is 20.9. The maximum Gasteiger partial charge on any atom is 0.0595 e. The van der Waals surface area contributed by atoms with Crippen LogP contribution in [0.1, 0.15) is 22.7 Å². The maximum atomic E-state index is 6.11. The standard InChI is InChI=1S/C17H17Cl2N/c1-20-17-13(10-12-4-2-3-5-14(12)17)8-11-6-7-15(18)16(19)9-11/h2-7,9,13,17,20H,8,10H2,1H3. The Kier molecular flexibility index (Phi) is 4.02. The van der Waals surface area contributed by atoms with Gasteiger partial charge in [0, 0.05) is 6.04 Å². The molecule has 0 saturated carbocycles. The topological polar surface area (TPSA) is 12.0 Å². The molecule has 0 bridgehead atoms. The number of halogens is 2. The van der Waals surface area contributed by atoms with Crippen molar-refractivity contribution in [2.75, 3.05) is 7.05 Å². The molecule has 0 spiro atoms. The minimum absolute atomic E-state index is 0.417. The second-order valence-corrected chi connectivity index (χ2v) is 6.20. The summed E-state index contributed by atoms with van der Waals surface area (Å²) < 4.78 is 0. The Balaban J connectivity index is 1.83. The number of hydrogen-bond donors (Lipinski definition) is 1. The van der Waals surface area contributed by atoms with Crippen molar-refractivity contribution < 1.29 is 0 Å². The van der Waals surface area contributed by atoms with Crippen LogP contribution in [0.2, 0.25) is 10.0 Å². The fraction of sp³-hybridized carbons (Fsp3) is 0.294. The molecule has 0 aromatic heterocycles. The Morgan fingerprint density at radius 3 is 2.65 bits per heavy atom. The van der Waals surface area contributed by atoms with Crippen LogP contribution in [0.4, 0.5) is 0 Å². The molecule has 0 aliphatic heterocycles. The third kappa shape index (κ3) is 2.58. The summed E-state index contributed by atoms with van der Waals surface area (Å²) in [6, 6.07) is 15.1. The lowest BCUT2D eigenvalue weighted by molar-refractivity contribution is 0.410. The van der Waals surface area contributed by atoms with E-state index in [1.165, 1.54) is 16.7 Å². The third-order valence-electron chi connectivity index (χ3n) is 4.14. The first kappa shape index (κ1) is 13.9. The van der Waals surface area contributed by atoms with E-state index in [0.29, 0.717) is 22.0 Å². The molecule has 0 fully saturated rings. The van der Waals surface area contributed by atoms with Gasteiger partial charge in [-0.05, 0) is 54.6 Å². The van der Waals surface area contributed by atoms with Crippen LogP contribution in [-0.4, -0.2) is 7.05 Å². The molecule has 3 heteroatoms. The van der Waals surface area contributed by atoms with Crippen LogP contribution in [0.25, 0.3) is 0 Å². The van der Waals surface area contributed by atoms with Gasteiger partial charge in [-0.3, -0.25) is 0 Å². The lowest BCUT2D eigenvalue weighted by Crippen LogP contribution is -2.23. The van der Waals surface area contributed by atoms with Crippen LogP contribution in [-0.2, 0) is 12.8 Å². The summed E-state index contributed by atoms with van der Waals surface area (Å²) in [5.74, 6) is 0.564. The summed E-state index contributed by atoms with van der Waals surface area (Å²) in [5.41, 5.74) is 4.13. The van der Waals surface area contributed by atoms with Crippen LogP contribution >= 0.6 is 23.2 Å². The highest BCUT2D eigenvalue weighted by molar-refractivity contribution is 6.42. The summed E-state index contributed by atoms with van der Waals surface area (Å²) >= 11 is 12.1. The first-order valence-electron chi connectivity index (χ1n) is 6.88. The third-order valence-corrected chi connectivity index (χ3v) is 4.88. The molecule has 1 N–H and O–H groups in total. The van der Waals surface area contributed by atoms with Gasteiger partial charge < -0.3 is 5.32 Å². The van der Waals surface area contributed by atoms with E-state index in [2.05, 4.69) is 35.6 Å². The Bertz CT molecular complexity index is 624. The predicted molar refractivity (Wildman–Crippen MR) is 85.6 cm³/mol. The zero-order chi connectivity index (χ0) is 14.1. The minimum Gasteiger partial charge on any atom is -0.313 e. The first-order valence-corrected chi connectivity index (χ1v) is 7.63. The number of nitrogens with one attached hydrogen (secondary N) is 1. The van der Waals surface area contributed by atoms with E-state index in [1.807, 2.05) is 19.2 Å². The molecule has 1 aliphatic carbocycles. The fourth-order valence-electron chi connectivity index (χ4n) is 3.23. The molecule has 0 heterocycles. The Hall–Kier alpha value is -1.02. The Morgan fingerprint density at radius 1 is 1.10 bits per heavy atom. The molecule has 2 atom stereocenters. The van der Waals surface area contributed by atoms with Gasteiger partial charge >= 0.3 is 0 Å². The minimum atomic E-state index is 0.417. The molecule has 104 valence electrons. The van der Waals surface area contributed by atoms with Crippen LogP contribution in [0.15, 0.2) is 42.5 Å². The van der Waals surface area contributed by atoms with Gasteiger partial charge in [0.25, 0.3) is 0 Å². The van der Waals surface area contributed by atoms with Crippen molar-refractivity contribution in [1.82, 2.24) is 5.32 Å². The summed E-state index contributed by atoms with van der Waals surface area (Å²) in [6.07, 6.45) is 2.12. The average molecular weight is 306 g/mol. The van der Waals surface area contributed by atoms with Gasteiger partial charge in [-0.25, -0.2) is 0 Å². The van der Waals surface area contributed by atoms with Gasteiger partial charge in [0.1, 0.15) is 0 Å². The van der Waals surface area contributed by atoms with E-state index in [4.69, 9.17) is 23.2 Å². The molecule has 0 radical (unpaired) electrons.